The van der Waals surface area contributed by atoms with E-state index in [1.165, 1.54) is 14.2 Å². The molecule has 0 saturated carbocycles. The van der Waals surface area contributed by atoms with Gasteiger partial charge in [-0.3, -0.25) is 4.57 Å². The average molecular weight is 267 g/mol. The van der Waals surface area contributed by atoms with E-state index in [0.29, 0.717) is 0 Å². The molecule has 0 aromatic heterocycles. The van der Waals surface area contributed by atoms with Gasteiger partial charge < -0.3 is 14.3 Å². The highest BCUT2D eigenvalue weighted by Gasteiger charge is 2.49. The maximum Gasteiger partial charge on any atom is 0.350 e. The van der Waals surface area contributed by atoms with Gasteiger partial charge in [-0.15, -0.1) is 0 Å². The first kappa shape index (κ1) is 17.1. The molecule has 0 aromatic rings. The molecule has 0 fully saturated rings. The zero-order valence-electron chi connectivity index (χ0n) is 12.1. The van der Waals surface area contributed by atoms with Crippen molar-refractivity contribution in [2.45, 2.75) is 52.9 Å². The van der Waals surface area contributed by atoms with E-state index in [-0.39, 0.29) is 0 Å². The van der Waals surface area contributed by atoms with Crippen LogP contribution in [0, 0.1) is 5.41 Å². The molecule has 0 radical (unpaired) electrons. The summed E-state index contributed by atoms with van der Waals surface area (Å²) in [5, 5.41) is 11.4. The standard InChI is InChI=1S/C11H26NO4P/c1-10(2,3)9(12(13)11(4,5)6)17(14,15-7)16-8/h9,13H,1-8H3. The lowest BCUT2D eigenvalue weighted by atomic mass is 9.94. The highest BCUT2D eigenvalue weighted by molar-refractivity contribution is 7.54. The fourth-order valence-electron chi connectivity index (χ4n) is 1.62. The maximum absolute atomic E-state index is 12.5. The summed E-state index contributed by atoms with van der Waals surface area (Å²) in [4.78, 5) is 0. The van der Waals surface area contributed by atoms with Crippen molar-refractivity contribution in [2.24, 2.45) is 5.41 Å². The summed E-state index contributed by atoms with van der Waals surface area (Å²) in [6.07, 6.45) is 0. The third-order valence-electron chi connectivity index (χ3n) is 2.50. The van der Waals surface area contributed by atoms with Crippen molar-refractivity contribution in [3.63, 3.8) is 0 Å². The Hall–Kier alpha value is 0.0700. The minimum atomic E-state index is -3.39. The SMILES string of the molecule is COP(=O)(OC)C(N(O)C(C)(C)C)C(C)(C)C. The van der Waals surface area contributed by atoms with Gasteiger partial charge in [0.05, 0.1) is 0 Å². The van der Waals surface area contributed by atoms with Crippen LogP contribution in [-0.2, 0) is 13.6 Å². The van der Waals surface area contributed by atoms with Crippen LogP contribution in [0.5, 0.6) is 0 Å². The summed E-state index contributed by atoms with van der Waals surface area (Å²) < 4.78 is 22.6. The van der Waals surface area contributed by atoms with E-state index < -0.39 is 24.3 Å². The molecule has 1 unspecified atom stereocenters. The first-order valence-corrected chi connectivity index (χ1v) is 7.20. The van der Waals surface area contributed by atoms with Crippen molar-refractivity contribution < 1.29 is 18.8 Å². The molecule has 6 heteroatoms. The van der Waals surface area contributed by atoms with E-state index in [9.17, 15) is 9.77 Å². The number of nitrogens with zero attached hydrogens (tertiary/aromatic N) is 1. The molecule has 0 aromatic carbocycles. The van der Waals surface area contributed by atoms with Gasteiger partial charge in [0, 0.05) is 19.8 Å². The van der Waals surface area contributed by atoms with Crippen molar-refractivity contribution >= 4 is 7.60 Å². The Kier molecular flexibility index (Phi) is 5.39. The van der Waals surface area contributed by atoms with Crippen LogP contribution in [0.3, 0.4) is 0 Å². The van der Waals surface area contributed by atoms with Crippen LogP contribution in [0.25, 0.3) is 0 Å². The molecule has 0 amide bonds. The molecular formula is C11H26NO4P. The molecule has 0 rings (SSSR count). The molecule has 5 nitrogen and oxygen atoms in total. The predicted molar refractivity (Wildman–Crippen MR) is 68.2 cm³/mol. The maximum atomic E-state index is 12.5. The highest BCUT2D eigenvalue weighted by atomic mass is 31.2. The van der Waals surface area contributed by atoms with E-state index in [2.05, 4.69) is 0 Å². The third kappa shape index (κ3) is 4.04. The summed E-state index contributed by atoms with van der Waals surface area (Å²) in [6.45, 7) is 11.2. The zero-order chi connectivity index (χ0) is 14.1. The molecular weight excluding hydrogens is 241 g/mol. The van der Waals surface area contributed by atoms with Crippen LogP contribution < -0.4 is 0 Å². The van der Waals surface area contributed by atoms with Gasteiger partial charge in [-0.1, -0.05) is 20.8 Å². The van der Waals surface area contributed by atoms with Crippen LogP contribution >= 0.6 is 7.60 Å². The molecule has 104 valence electrons. The van der Waals surface area contributed by atoms with Crippen LogP contribution in [0.4, 0.5) is 0 Å². The Bertz CT molecular complexity index is 285. The Labute approximate surface area is 105 Å². The van der Waals surface area contributed by atoms with Crippen LogP contribution in [0.2, 0.25) is 0 Å². The van der Waals surface area contributed by atoms with Gasteiger partial charge in [-0.2, -0.15) is 5.06 Å². The van der Waals surface area contributed by atoms with Crippen molar-refractivity contribution in [3.8, 4) is 0 Å². The fraction of sp³-hybridized carbons (Fsp3) is 1.00. The highest BCUT2D eigenvalue weighted by Crippen LogP contribution is 2.59. The molecule has 17 heavy (non-hydrogen) atoms. The Morgan fingerprint density at radius 3 is 1.59 bits per heavy atom. The number of hydrogen-bond donors (Lipinski definition) is 1. The number of hydroxylamine groups is 2. The van der Waals surface area contributed by atoms with E-state index in [4.69, 9.17) is 9.05 Å². The quantitative estimate of drug-likeness (QED) is 0.625. The molecule has 1 N–H and O–H groups in total. The second-order valence-electron chi connectivity index (χ2n) is 6.16. The Morgan fingerprint density at radius 2 is 1.41 bits per heavy atom. The Balaban J connectivity index is 5.54. The van der Waals surface area contributed by atoms with E-state index in [1.54, 1.807) is 0 Å². The summed E-state index contributed by atoms with van der Waals surface area (Å²) in [5.41, 5.74) is -1.01. The lowest BCUT2D eigenvalue weighted by Crippen LogP contribution is -2.51. The van der Waals surface area contributed by atoms with Crippen LogP contribution in [-0.4, -0.2) is 35.8 Å². The molecule has 0 bridgehead atoms. The largest absolute Gasteiger partial charge is 0.350 e. The number of rotatable bonds is 4. The van der Waals surface area contributed by atoms with Crippen molar-refractivity contribution in [3.05, 3.63) is 0 Å². The van der Waals surface area contributed by atoms with Crippen LogP contribution in [0.15, 0.2) is 0 Å². The smallest absolute Gasteiger partial charge is 0.313 e. The van der Waals surface area contributed by atoms with Gasteiger partial charge in [0.25, 0.3) is 0 Å². The molecule has 0 aliphatic rings. The van der Waals surface area contributed by atoms with E-state index in [0.717, 1.165) is 5.06 Å². The van der Waals surface area contributed by atoms with Crippen molar-refractivity contribution in [2.75, 3.05) is 14.2 Å². The summed E-state index contributed by atoms with van der Waals surface area (Å²) in [7, 11) is -0.724. The molecule has 1 atom stereocenters. The summed E-state index contributed by atoms with van der Waals surface area (Å²) in [6, 6.07) is 0. The van der Waals surface area contributed by atoms with Crippen molar-refractivity contribution in [1.82, 2.24) is 5.06 Å². The Morgan fingerprint density at radius 1 is 1.06 bits per heavy atom. The van der Waals surface area contributed by atoms with Gasteiger partial charge >= 0.3 is 7.60 Å². The topological polar surface area (TPSA) is 59.0 Å². The fourth-order valence-corrected chi connectivity index (χ4v) is 3.73. The zero-order valence-corrected chi connectivity index (χ0v) is 13.0. The first-order valence-electron chi connectivity index (χ1n) is 5.59. The van der Waals surface area contributed by atoms with Gasteiger partial charge in [0.1, 0.15) is 5.78 Å². The minimum absolute atomic E-state index is 0.455. The lowest BCUT2D eigenvalue weighted by Gasteiger charge is -2.44. The minimum Gasteiger partial charge on any atom is -0.313 e. The van der Waals surface area contributed by atoms with E-state index >= 15 is 0 Å². The summed E-state index contributed by atoms with van der Waals surface area (Å²) in [5.74, 6) is -0.731. The first-order chi connectivity index (χ1) is 7.40. The van der Waals surface area contributed by atoms with E-state index in [1.807, 2.05) is 41.5 Å². The predicted octanol–water partition coefficient (Wildman–Crippen LogP) is 3.33. The average Bonchev–Trinajstić information content (AvgIpc) is 2.14. The summed E-state index contributed by atoms with van der Waals surface area (Å²) >= 11 is 0. The van der Waals surface area contributed by atoms with Gasteiger partial charge in [0.15, 0.2) is 0 Å². The molecule has 0 heterocycles. The van der Waals surface area contributed by atoms with Crippen LogP contribution in [0.1, 0.15) is 41.5 Å². The monoisotopic (exact) mass is 267 g/mol. The second-order valence-corrected chi connectivity index (χ2v) is 8.46. The molecule has 0 aliphatic carbocycles. The third-order valence-corrected chi connectivity index (χ3v) is 5.11. The lowest BCUT2D eigenvalue weighted by molar-refractivity contribution is -0.190. The molecule has 0 aliphatic heterocycles. The van der Waals surface area contributed by atoms with Gasteiger partial charge in [0.2, 0.25) is 0 Å². The van der Waals surface area contributed by atoms with Crippen molar-refractivity contribution in [1.29, 1.82) is 0 Å². The van der Waals surface area contributed by atoms with Gasteiger partial charge in [-0.05, 0) is 26.2 Å². The normalized spacial score (nSPS) is 16.4. The van der Waals surface area contributed by atoms with Gasteiger partial charge in [-0.25, -0.2) is 0 Å². The molecule has 0 spiro atoms. The number of hydrogen-bond acceptors (Lipinski definition) is 5. The second kappa shape index (κ2) is 5.37. The molecule has 0 saturated heterocycles.